The number of nitrogens with zero attached hydrogens (tertiary/aromatic N) is 3. The molecule has 0 radical (unpaired) electrons. The van der Waals surface area contributed by atoms with Gasteiger partial charge in [-0.05, 0) is 37.0 Å². The average Bonchev–Trinajstić information content (AvgIpc) is 3.22. The van der Waals surface area contributed by atoms with E-state index in [1.54, 1.807) is 0 Å². The summed E-state index contributed by atoms with van der Waals surface area (Å²) >= 11 is 6.02. The fourth-order valence-electron chi connectivity index (χ4n) is 2.41. The van der Waals surface area contributed by atoms with Gasteiger partial charge in [0.05, 0.1) is 12.6 Å². The minimum Gasteiger partial charge on any atom is -0.391 e. The predicted octanol–water partition coefficient (Wildman–Crippen LogP) is 3.17. The van der Waals surface area contributed by atoms with Gasteiger partial charge in [0, 0.05) is 17.4 Å². The molecule has 3 rings (SSSR count). The van der Waals surface area contributed by atoms with Crippen LogP contribution in [0.5, 0.6) is 0 Å². The number of hydrogen-bond donors (Lipinski definition) is 1. The molecule has 1 N–H and O–H groups in total. The molecule has 0 spiro atoms. The van der Waals surface area contributed by atoms with Crippen LogP contribution in [0.25, 0.3) is 0 Å². The first-order valence-corrected chi connectivity index (χ1v) is 7.89. The van der Waals surface area contributed by atoms with Gasteiger partial charge in [-0.3, -0.25) is 0 Å². The van der Waals surface area contributed by atoms with Crippen LogP contribution in [0.3, 0.4) is 0 Å². The van der Waals surface area contributed by atoms with E-state index in [2.05, 4.69) is 10.1 Å². The zero-order chi connectivity index (χ0) is 14.8. The summed E-state index contributed by atoms with van der Waals surface area (Å²) in [6.07, 6.45) is 3.40. The molecular formula is C16H20ClN3O. The second-order valence-electron chi connectivity index (χ2n) is 5.71. The van der Waals surface area contributed by atoms with Crippen LogP contribution in [0.2, 0.25) is 5.02 Å². The lowest BCUT2D eigenvalue weighted by molar-refractivity contribution is 0.143. The van der Waals surface area contributed by atoms with Crippen LogP contribution in [0.4, 0.5) is 0 Å². The SMILES string of the molecule is CC[C@H](O)Cn1nc(Cc2cccc(Cl)c2)nc1C1CC1. The molecule has 0 saturated heterocycles. The van der Waals surface area contributed by atoms with Crippen molar-refractivity contribution < 1.29 is 5.11 Å². The van der Waals surface area contributed by atoms with Gasteiger partial charge in [-0.15, -0.1) is 0 Å². The Morgan fingerprint density at radius 1 is 1.43 bits per heavy atom. The predicted molar refractivity (Wildman–Crippen MR) is 82.6 cm³/mol. The van der Waals surface area contributed by atoms with E-state index in [1.807, 2.05) is 35.9 Å². The van der Waals surface area contributed by atoms with E-state index in [0.717, 1.165) is 28.7 Å². The zero-order valence-corrected chi connectivity index (χ0v) is 12.9. The van der Waals surface area contributed by atoms with Gasteiger partial charge in [0.25, 0.3) is 0 Å². The molecule has 112 valence electrons. The maximum Gasteiger partial charge on any atom is 0.155 e. The fraction of sp³-hybridized carbons (Fsp3) is 0.500. The fourth-order valence-corrected chi connectivity index (χ4v) is 2.63. The maximum atomic E-state index is 9.87. The van der Waals surface area contributed by atoms with E-state index < -0.39 is 0 Å². The highest BCUT2D eigenvalue weighted by atomic mass is 35.5. The largest absolute Gasteiger partial charge is 0.391 e. The van der Waals surface area contributed by atoms with E-state index in [0.29, 0.717) is 18.9 Å². The summed E-state index contributed by atoms with van der Waals surface area (Å²) in [5, 5.41) is 15.2. The van der Waals surface area contributed by atoms with Gasteiger partial charge >= 0.3 is 0 Å². The van der Waals surface area contributed by atoms with Crippen LogP contribution >= 0.6 is 11.6 Å². The molecule has 5 heteroatoms. The van der Waals surface area contributed by atoms with Crippen molar-refractivity contribution in [1.82, 2.24) is 14.8 Å². The highest BCUT2D eigenvalue weighted by Crippen LogP contribution is 2.39. The summed E-state index contributed by atoms with van der Waals surface area (Å²) in [6, 6.07) is 7.78. The van der Waals surface area contributed by atoms with E-state index in [9.17, 15) is 5.11 Å². The summed E-state index contributed by atoms with van der Waals surface area (Å²) in [5.74, 6) is 2.36. The lowest BCUT2D eigenvalue weighted by Crippen LogP contribution is -2.17. The van der Waals surface area contributed by atoms with Crippen molar-refractivity contribution in [2.45, 2.75) is 51.2 Å². The Labute approximate surface area is 129 Å². The summed E-state index contributed by atoms with van der Waals surface area (Å²) in [5.41, 5.74) is 1.11. The van der Waals surface area contributed by atoms with Crippen LogP contribution in [-0.2, 0) is 13.0 Å². The summed E-state index contributed by atoms with van der Waals surface area (Å²) in [4.78, 5) is 4.68. The zero-order valence-electron chi connectivity index (χ0n) is 12.2. The summed E-state index contributed by atoms with van der Waals surface area (Å²) < 4.78 is 1.89. The number of hydrogen-bond acceptors (Lipinski definition) is 3. The minimum absolute atomic E-state index is 0.358. The lowest BCUT2D eigenvalue weighted by Gasteiger charge is -2.09. The van der Waals surface area contributed by atoms with Gasteiger partial charge in [0.2, 0.25) is 0 Å². The molecule has 0 bridgehead atoms. The second-order valence-corrected chi connectivity index (χ2v) is 6.15. The van der Waals surface area contributed by atoms with Crippen LogP contribution in [0.15, 0.2) is 24.3 Å². The number of halogens is 1. The first kappa shape index (κ1) is 14.5. The second kappa shape index (κ2) is 6.16. The van der Waals surface area contributed by atoms with Gasteiger partial charge in [0.15, 0.2) is 5.82 Å². The van der Waals surface area contributed by atoms with Gasteiger partial charge < -0.3 is 5.11 Å². The van der Waals surface area contributed by atoms with Crippen molar-refractivity contribution in [3.05, 3.63) is 46.5 Å². The smallest absolute Gasteiger partial charge is 0.155 e. The number of aromatic nitrogens is 3. The Hall–Kier alpha value is -1.39. The molecule has 1 aliphatic rings. The molecule has 0 unspecified atom stereocenters. The summed E-state index contributed by atoms with van der Waals surface area (Å²) in [6.45, 7) is 2.51. The van der Waals surface area contributed by atoms with Gasteiger partial charge in [-0.2, -0.15) is 5.10 Å². The maximum absolute atomic E-state index is 9.87. The quantitative estimate of drug-likeness (QED) is 0.892. The van der Waals surface area contributed by atoms with Gasteiger partial charge in [-0.25, -0.2) is 9.67 Å². The highest BCUT2D eigenvalue weighted by Gasteiger charge is 2.30. The molecule has 1 aliphatic carbocycles. The molecule has 1 saturated carbocycles. The van der Waals surface area contributed by atoms with E-state index >= 15 is 0 Å². The van der Waals surface area contributed by atoms with Crippen molar-refractivity contribution in [3.8, 4) is 0 Å². The van der Waals surface area contributed by atoms with Crippen LogP contribution in [0, 0.1) is 0 Å². The Kier molecular flexibility index (Phi) is 4.27. The molecule has 0 aliphatic heterocycles. The lowest BCUT2D eigenvalue weighted by atomic mass is 10.1. The first-order chi connectivity index (χ1) is 10.2. The van der Waals surface area contributed by atoms with Crippen LogP contribution < -0.4 is 0 Å². The topological polar surface area (TPSA) is 50.9 Å². The molecule has 2 aromatic rings. The minimum atomic E-state index is -0.358. The number of benzene rings is 1. The van der Waals surface area contributed by atoms with Crippen LogP contribution in [-0.4, -0.2) is 26.0 Å². The first-order valence-electron chi connectivity index (χ1n) is 7.52. The third kappa shape index (κ3) is 3.63. The van der Waals surface area contributed by atoms with Crippen molar-refractivity contribution in [2.24, 2.45) is 0 Å². The molecule has 1 fully saturated rings. The van der Waals surface area contributed by atoms with Gasteiger partial charge in [-0.1, -0.05) is 30.7 Å². The standard InChI is InChI=1S/C16H20ClN3O/c1-2-14(21)10-20-16(12-6-7-12)18-15(19-20)9-11-4-3-5-13(17)8-11/h3-5,8,12,14,21H,2,6-7,9-10H2,1H3/t14-/m0/s1. The van der Waals surface area contributed by atoms with Crippen molar-refractivity contribution in [3.63, 3.8) is 0 Å². The van der Waals surface area contributed by atoms with E-state index in [4.69, 9.17) is 11.6 Å². The normalized spacial score (nSPS) is 16.1. The molecular weight excluding hydrogens is 286 g/mol. The molecule has 1 aromatic heterocycles. The van der Waals surface area contributed by atoms with E-state index in [-0.39, 0.29) is 6.10 Å². The molecule has 4 nitrogen and oxygen atoms in total. The molecule has 21 heavy (non-hydrogen) atoms. The summed E-state index contributed by atoms with van der Waals surface area (Å²) in [7, 11) is 0. The Morgan fingerprint density at radius 3 is 2.90 bits per heavy atom. The third-order valence-corrected chi connectivity index (χ3v) is 4.03. The Bertz CT molecular complexity index is 622. The van der Waals surface area contributed by atoms with E-state index in [1.165, 1.54) is 12.8 Å². The van der Waals surface area contributed by atoms with Crippen molar-refractivity contribution >= 4 is 11.6 Å². The van der Waals surface area contributed by atoms with Gasteiger partial charge in [0.1, 0.15) is 5.82 Å². The monoisotopic (exact) mass is 305 g/mol. The molecule has 0 amide bonds. The Balaban J connectivity index is 1.81. The van der Waals surface area contributed by atoms with Crippen molar-refractivity contribution in [1.29, 1.82) is 0 Å². The molecule has 1 aromatic carbocycles. The highest BCUT2D eigenvalue weighted by molar-refractivity contribution is 6.30. The number of rotatable bonds is 6. The Morgan fingerprint density at radius 2 is 2.24 bits per heavy atom. The third-order valence-electron chi connectivity index (χ3n) is 3.79. The average molecular weight is 306 g/mol. The number of aliphatic hydroxyl groups excluding tert-OH is 1. The number of aliphatic hydroxyl groups is 1. The van der Waals surface area contributed by atoms with Crippen LogP contribution in [0.1, 0.15) is 49.3 Å². The van der Waals surface area contributed by atoms with Crippen molar-refractivity contribution in [2.75, 3.05) is 0 Å². The molecule has 1 heterocycles. The molecule has 1 atom stereocenters.